The zero-order valence-corrected chi connectivity index (χ0v) is 29.6. The summed E-state index contributed by atoms with van der Waals surface area (Å²) in [5.41, 5.74) is -0.644. The van der Waals surface area contributed by atoms with Crippen LogP contribution in [0.25, 0.3) is 0 Å². The molecule has 0 fully saturated rings. The Morgan fingerprint density at radius 2 is 1.61 bits per heavy atom. The lowest BCUT2D eigenvalue weighted by Crippen LogP contribution is -2.51. The van der Waals surface area contributed by atoms with Gasteiger partial charge in [-0.15, -0.1) is 0 Å². The molecule has 16 heteroatoms. The number of aliphatic hydroxyl groups excluding tert-OH is 1. The van der Waals surface area contributed by atoms with E-state index in [9.17, 15) is 29.4 Å². The minimum atomic E-state index is -1.68. The normalized spacial score (nSPS) is 19.5. The highest BCUT2D eigenvalue weighted by molar-refractivity contribution is 9.10. The van der Waals surface area contributed by atoms with Gasteiger partial charge >= 0.3 is 12.1 Å². The van der Waals surface area contributed by atoms with E-state index in [1.54, 1.807) is 20.8 Å². The van der Waals surface area contributed by atoms with Gasteiger partial charge in [0.15, 0.2) is 17.5 Å². The average Bonchev–Trinajstić information content (AvgIpc) is 3.03. The Balaban J connectivity index is 1.96. The molecule has 3 aromatic rings. The number of halogens is 2. The molecule has 0 saturated heterocycles. The molecule has 0 aromatic heterocycles. The van der Waals surface area contributed by atoms with Gasteiger partial charge in [-0.1, -0.05) is 23.7 Å². The van der Waals surface area contributed by atoms with Gasteiger partial charge in [0.05, 0.1) is 30.8 Å². The van der Waals surface area contributed by atoms with Gasteiger partial charge in [0, 0.05) is 0 Å². The van der Waals surface area contributed by atoms with E-state index >= 15 is 0 Å². The number of fused-ring (bicyclic) bond motifs is 9. The first kappa shape index (κ1) is 37.1. The number of methoxy groups -OCH3 is 3. The highest BCUT2D eigenvalue weighted by Gasteiger charge is 2.37. The third-order valence-corrected chi connectivity index (χ3v) is 8.08. The van der Waals surface area contributed by atoms with Crippen molar-refractivity contribution in [1.29, 1.82) is 0 Å². The highest BCUT2D eigenvalue weighted by Crippen LogP contribution is 2.43. The molecule has 4 atom stereocenters. The Bertz CT molecular complexity index is 1760. The molecule has 0 saturated carbocycles. The van der Waals surface area contributed by atoms with Gasteiger partial charge < -0.3 is 49.8 Å². The molecule has 2 heterocycles. The second-order valence-electron chi connectivity index (χ2n) is 11.7. The maximum atomic E-state index is 14.2. The maximum absolute atomic E-state index is 14.2. The van der Waals surface area contributed by atoms with Crippen LogP contribution in [-0.2, 0) is 23.9 Å². The number of aliphatic hydroxyl groups is 1. The van der Waals surface area contributed by atoms with Crippen molar-refractivity contribution >= 4 is 51.4 Å². The second kappa shape index (κ2) is 15.2. The number of amides is 3. The van der Waals surface area contributed by atoms with E-state index in [0.29, 0.717) is 10.2 Å². The molecule has 14 nitrogen and oxygen atoms in total. The van der Waals surface area contributed by atoms with E-state index in [0.717, 1.165) is 7.11 Å². The van der Waals surface area contributed by atoms with E-state index in [-0.39, 0.29) is 39.0 Å². The molecule has 3 amide bonds. The van der Waals surface area contributed by atoms with Gasteiger partial charge in [0.1, 0.15) is 35.3 Å². The van der Waals surface area contributed by atoms with Crippen LogP contribution in [0.15, 0.2) is 53.0 Å². The predicted molar refractivity (Wildman–Crippen MR) is 179 cm³/mol. The first-order chi connectivity index (χ1) is 23.1. The molecule has 5 N–H and O–H groups in total. The van der Waals surface area contributed by atoms with Crippen LogP contribution >= 0.6 is 27.5 Å². The third kappa shape index (κ3) is 8.66. The van der Waals surface area contributed by atoms with Crippen LogP contribution in [0.5, 0.6) is 28.7 Å². The summed E-state index contributed by atoms with van der Waals surface area (Å²) in [6, 6.07) is 6.32. The highest BCUT2D eigenvalue weighted by atomic mass is 79.9. The lowest BCUT2D eigenvalue weighted by Gasteiger charge is -2.28. The third-order valence-electron chi connectivity index (χ3n) is 7.16. The molecule has 49 heavy (non-hydrogen) atoms. The van der Waals surface area contributed by atoms with E-state index in [1.165, 1.54) is 62.8 Å². The van der Waals surface area contributed by atoms with Crippen LogP contribution in [0.1, 0.15) is 55.6 Å². The van der Waals surface area contributed by atoms with Crippen molar-refractivity contribution in [3.05, 3.63) is 74.7 Å². The summed E-state index contributed by atoms with van der Waals surface area (Å²) in [4.78, 5) is 54.2. The fourth-order valence-corrected chi connectivity index (χ4v) is 5.68. The number of carbonyl (C=O) groups is 4. The van der Waals surface area contributed by atoms with Gasteiger partial charge in [-0.05, 0) is 89.8 Å². The average molecular weight is 765 g/mol. The standard InChI is InChI=1S/C33H35BrClN3O11/c1-33(2,3)49-32(44)38-25-17-13-20(39)28(46-5)23(14-17)48-22-10-8-16(12-19(22)35)27(40)26(31(43)47-6)37-29(41)24(36-30(25)42)15-7-9-21(45-4)18(34)11-15/h7-14,24-27,39-40H,1-6H3,(H,36,42)(H,37,41)(H,38,44)/t24-,25-,26+,27-/m1/s1. The number of phenols is 1. The molecular formula is C33H35BrClN3O11. The summed E-state index contributed by atoms with van der Waals surface area (Å²) in [7, 11) is 3.80. The largest absolute Gasteiger partial charge is 0.504 e. The number of phenolic OH excluding ortho intramolecular Hbond substituents is 1. The number of nitrogens with one attached hydrogen (secondary N) is 3. The van der Waals surface area contributed by atoms with Crippen molar-refractivity contribution in [2.75, 3.05) is 21.3 Å². The number of ether oxygens (including phenoxy) is 5. The molecule has 0 radical (unpaired) electrons. The minimum Gasteiger partial charge on any atom is -0.504 e. The smallest absolute Gasteiger partial charge is 0.408 e. The Morgan fingerprint density at radius 1 is 0.918 bits per heavy atom. The molecule has 3 aromatic carbocycles. The van der Waals surface area contributed by atoms with E-state index < -0.39 is 59.5 Å². The van der Waals surface area contributed by atoms with E-state index in [4.69, 9.17) is 35.3 Å². The van der Waals surface area contributed by atoms with E-state index in [1.807, 2.05) is 0 Å². The zero-order valence-electron chi connectivity index (χ0n) is 27.3. The number of hydrogen-bond acceptors (Lipinski definition) is 11. The first-order valence-electron chi connectivity index (χ1n) is 14.6. The fraction of sp³-hybridized carbons (Fsp3) is 0.333. The van der Waals surface area contributed by atoms with Gasteiger partial charge in [0.25, 0.3) is 0 Å². The summed E-state index contributed by atoms with van der Waals surface area (Å²) in [6.45, 7) is 4.87. The monoisotopic (exact) mass is 763 g/mol. The lowest BCUT2D eigenvalue weighted by molar-refractivity contribution is -0.149. The molecular weight excluding hydrogens is 730 g/mol. The molecule has 2 aliphatic rings. The number of alkyl carbamates (subject to hydrolysis) is 1. The Morgan fingerprint density at radius 3 is 2.20 bits per heavy atom. The van der Waals surface area contributed by atoms with Crippen LogP contribution in [0.2, 0.25) is 5.02 Å². The van der Waals surface area contributed by atoms with Crippen LogP contribution in [0.4, 0.5) is 4.79 Å². The molecule has 262 valence electrons. The number of hydrogen-bond donors (Lipinski definition) is 5. The van der Waals surface area contributed by atoms with Crippen LogP contribution in [0.3, 0.4) is 0 Å². The fourth-order valence-electron chi connectivity index (χ4n) is 4.89. The summed E-state index contributed by atoms with van der Waals surface area (Å²) in [5.74, 6) is -3.14. The molecule has 4 bridgehead atoms. The molecule has 0 aliphatic carbocycles. The van der Waals surface area contributed by atoms with Crippen LogP contribution in [0, 0.1) is 0 Å². The van der Waals surface area contributed by atoms with Crippen molar-refractivity contribution in [2.24, 2.45) is 0 Å². The molecule has 0 spiro atoms. The SMILES string of the molecule is COC(=O)[C@H]1NC(=O)[C@@H](c2ccc(OC)c(Br)c2)NC(=O)[C@H](NC(=O)OC(C)(C)C)c2cc(O)c(OC)c(c2)Oc2ccc(cc2Cl)[C@H]1O. The van der Waals surface area contributed by atoms with Gasteiger partial charge in [-0.2, -0.15) is 0 Å². The second-order valence-corrected chi connectivity index (χ2v) is 13.0. The van der Waals surface area contributed by atoms with Crippen molar-refractivity contribution < 1.29 is 53.1 Å². The maximum Gasteiger partial charge on any atom is 0.408 e. The first-order valence-corrected chi connectivity index (χ1v) is 15.8. The van der Waals surface area contributed by atoms with Crippen molar-refractivity contribution in [1.82, 2.24) is 16.0 Å². The Labute approximate surface area is 295 Å². The van der Waals surface area contributed by atoms with Gasteiger partial charge in [-0.3, -0.25) is 9.59 Å². The predicted octanol–water partition coefficient (Wildman–Crippen LogP) is 4.75. The lowest BCUT2D eigenvalue weighted by atomic mass is 9.99. The van der Waals surface area contributed by atoms with E-state index in [2.05, 4.69) is 31.9 Å². The number of esters is 1. The van der Waals surface area contributed by atoms with Crippen molar-refractivity contribution in [3.63, 3.8) is 0 Å². The molecule has 2 aliphatic heterocycles. The van der Waals surface area contributed by atoms with Crippen molar-refractivity contribution in [2.45, 2.75) is 50.6 Å². The van der Waals surface area contributed by atoms with Gasteiger partial charge in [0.2, 0.25) is 17.6 Å². The molecule has 5 rings (SSSR count). The summed E-state index contributed by atoms with van der Waals surface area (Å²) in [5, 5.41) is 29.8. The quantitative estimate of drug-likeness (QED) is 0.226. The number of carbonyl (C=O) groups excluding carboxylic acids is 4. The van der Waals surface area contributed by atoms with Crippen LogP contribution < -0.4 is 30.2 Å². The number of rotatable bonds is 5. The minimum absolute atomic E-state index is 0.00516. The van der Waals surface area contributed by atoms with Gasteiger partial charge in [-0.25, -0.2) is 9.59 Å². The Kier molecular flexibility index (Phi) is 11.5. The van der Waals surface area contributed by atoms with Crippen molar-refractivity contribution in [3.8, 4) is 28.7 Å². The molecule has 0 unspecified atom stereocenters. The zero-order chi connectivity index (χ0) is 36.2. The number of aromatic hydroxyl groups is 1. The summed E-state index contributed by atoms with van der Waals surface area (Å²) < 4.78 is 27.3. The van der Waals surface area contributed by atoms with Crippen LogP contribution in [-0.4, -0.2) is 67.1 Å². The summed E-state index contributed by atoms with van der Waals surface area (Å²) in [6.07, 6.45) is -2.68. The Hall–Kier alpha value is -4.73. The number of benzene rings is 3. The summed E-state index contributed by atoms with van der Waals surface area (Å²) >= 11 is 9.90. The topological polar surface area (TPSA) is 191 Å².